The zero-order chi connectivity index (χ0) is 16.8. The zero-order valence-corrected chi connectivity index (χ0v) is 21.1. The first kappa shape index (κ1) is 24.7. The first-order valence-corrected chi connectivity index (χ1v) is 8.07. The Morgan fingerprint density at radius 1 is 1.12 bits per heavy atom. The molecule has 0 aromatic heterocycles. The number of hydrazine groups is 1. The van der Waals surface area contributed by atoms with Crippen LogP contribution in [0.1, 0.15) is 25.0 Å². The maximum absolute atomic E-state index is 12.6. The van der Waals surface area contributed by atoms with E-state index in [1.165, 1.54) is 0 Å². The Hall–Kier alpha value is -0.338. The summed E-state index contributed by atoms with van der Waals surface area (Å²) < 4.78 is 0. The Labute approximate surface area is 191 Å². The Bertz CT molecular complexity index is 664. The van der Waals surface area contributed by atoms with E-state index in [4.69, 9.17) is 0 Å². The molecule has 1 radical (unpaired) electrons. The van der Waals surface area contributed by atoms with E-state index in [-0.39, 0.29) is 59.7 Å². The molecule has 0 saturated carbocycles. The molecule has 0 aliphatic rings. The van der Waals surface area contributed by atoms with Crippen molar-refractivity contribution in [1.29, 1.82) is 0 Å². The predicted octanol–water partition coefficient (Wildman–Crippen LogP) is 3.52. The number of carbonyl (C=O) groups excluding carboxylic acids is 1. The van der Waals surface area contributed by atoms with Crippen LogP contribution < -0.4 is 0 Å². The number of hydrogen-bond acceptors (Lipinski definition) is 2. The molecule has 2 aromatic carbocycles. The molecule has 0 N–H and O–H groups in total. The van der Waals surface area contributed by atoms with Gasteiger partial charge in [0.2, 0.25) is 5.91 Å². The minimum Gasteiger partial charge on any atom is -0.286 e. The van der Waals surface area contributed by atoms with Crippen LogP contribution in [0, 0.1) is 19.1 Å². The summed E-state index contributed by atoms with van der Waals surface area (Å²) in [5.41, 5.74) is 3.97. The van der Waals surface area contributed by atoms with Crippen LogP contribution in [0.2, 0.25) is 0 Å². The Kier molecular flexibility index (Phi) is 12.0. The molecule has 0 atom stereocenters. The summed E-state index contributed by atoms with van der Waals surface area (Å²) in [4.78, 5) is 12.6. The molecule has 25 heavy (non-hydrogen) atoms. The van der Waals surface area contributed by atoms with Crippen LogP contribution in [0.3, 0.4) is 0 Å². The van der Waals surface area contributed by atoms with Crippen molar-refractivity contribution in [3.05, 3.63) is 59.7 Å². The molecular weight excluding hydrogens is 557 g/mol. The van der Waals surface area contributed by atoms with Gasteiger partial charge in [-0.3, -0.25) is 27.5 Å². The summed E-state index contributed by atoms with van der Waals surface area (Å²) in [5.74, 6) is 0.0985. The topological polar surface area (TPSA) is 23.6 Å². The van der Waals surface area contributed by atoms with Crippen molar-refractivity contribution in [2.24, 2.45) is 0 Å². The molecule has 0 unspecified atom stereocenters. The van der Waals surface area contributed by atoms with Crippen molar-refractivity contribution >= 4 is 5.91 Å². The first-order valence-electron chi connectivity index (χ1n) is 8.07. The molecule has 0 bridgehead atoms. The van der Waals surface area contributed by atoms with Gasteiger partial charge in [0.15, 0.2) is 0 Å². The van der Waals surface area contributed by atoms with Gasteiger partial charge in [-0.05, 0) is 6.92 Å². The van der Waals surface area contributed by atoms with Gasteiger partial charge in [0.25, 0.3) is 0 Å². The average Bonchev–Trinajstić information content (AvgIpc) is 2.58. The number of carbonyl (C=O) groups is 1. The minimum atomic E-state index is 0. The number of aryl methyl sites for hydroxylation is 1. The van der Waals surface area contributed by atoms with Crippen LogP contribution in [0.25, 0.3) is 11.1 Å². The number of hydrogen-bond donors (Lipinski definition) is 0. The molecule has 2 aromatic rings. The molecule has 2 rings (SSSR count). The quantitative estimate of drug-likeness (QED) is 0.386. The summed E-state index contributed by atoms with van der Waals surface area (Å²) in [6.07, 6.45) is 0.360. The molecular formula is C20H24N2OWY-2. The fourth-order valence-electron chi connectivity index (χ4n) is 2.52. The minimum absolute atomic E-state index is 0. The van der Waals surface area contributed by atoms with Crippen LogP contribution in [-0.2, 0) is 65.0 Å². The van der Waals surface area contributed by atoms with Gasteiger partial charge in [0, 0.05) is 80.3 Å². The molecule has 0 aliphatic heterocycles. The summed E-state index contributed by atoms with van der Waals surface area (Å²) >= 11 is 0. The molecule has 1 amide bonds. The van der Waals surface area contributed by atoms with Gasteiger partial charge in [0.05, 0.1) is 0 Å². The summed E-state index contributed by atoms with van der Waals surface area (Å²) in [7, 11) is 1.94. The molecule has 131 valence electrons. The third-order valence-corrected chi connectivity index (χ3v) is 4.03. The third-order valence-electron chi connectivity index (χ3n) is 4.03. The van der Waals surface area contributed by atoms with Crippen LogP contribution >= 0.6 is 0 Å². The second-order valence-corrected chi connectivity index (χ2v) is 5.58. The van der Waals surface area contributed by atoms with E-state index in [9.17, 15) is 4.79 Å². The van der Waals surface area contributed by atoms with E-state index < -0.39 is 0 Å². The van der Waals surface area contributed by atoms with Crippen molar-refractivity contribution in [1.82, 2.24) is 10.0 Å². The van der Waals surface area contributed by atoms with Crippen LogP contribution in [0.4, 0.5) is 0 Å². The van der Waals surface area contributed by atoms with Gasteiger partial charge in [0.1, 0.15) is 0 Å². The van der Waals surface area contributed by atoms with E-state index in [1.54, 1.807) is 5.01 Å². The molecule has 0 aliphatic carbocycles. The fraction of sp³-hybridized carbons (Fsp3) is 0.350. The third kappa shape index (κ3) is 6.72. The van der Waals surface area contributed by atoms with Gasteiger partial charge >= 0.3 is 0 Å². The molecule has 3 nitrogen and oxygen atoms in total. The molecule has 5 heteroatoms. The van der Waals surface area contributed by atoms with E-state index in [0.29, 0.717) is 13.0 Å². The maximum atomic E-state index is 12.6. The largest absolute Gasteiger partial charge is 0.286 e. The van der Waals surface area contributed by atoms with Gasteiger partial charge in [-0.2, -0.15) is 5.56 Å². The smallest absolute Gasteiger partial charge is 0.238 e. The monoisotopic (exact) mass is 581 g/mol. The summed E-state index contributed by atoms with van der Waals surface area (Å²) in [5, 5.41) is 3.73. The Morgan fingerprint density at radius 2 is 1.76 bits per heavy atom. The zero-order valence-electron chi connectivity index (χ0n) is 15.4. The van der Waals surface area contributed by atoms with Crippen molar-refractivity contribution in [3.8, 4) is 11.1 Å². The average molecular weight is 581 g/mol. The van der Waals surface area contributed by atoms with Crippen molar-refractivity contribution in [2.45, 2.75) is 27.2 Å². The number of nitrogens with zero attached hydrogens (tertiary/aromatic N) is 2. The van der Waals surface area contributed by atoms with Crippen molar-refractivity contribution in [2.75, 3.05) is 20.1 Å². The summed E-state index contributed by atoms with van der Waals surface area (Å²) in [6, 6.07) is 18.6. The number of likely N-dealkylation sites (N-methyl/N-ethyl adjacent to an activating group) is 1. The first-order chi connectivity index (χ1) is 11.1. The van der Waals surface area contributed by atoms with Gasteiger partial charge < -0.3 is 0 Å². The summed E-state index contributed by atoms with van der Waals surface area (Å²) in [6.45, 7) is 7.52. The van der Waals surface area contributed by atoms with Crippen molar-refractivity contribution < 1.29 is 58.6 Å². The van der Waals surface area contributed by atoms with E-state index in [0.717, 1.165) is 28.8 Å². The van der Waals surface area contributed by atoms with Gasteiger partial charge in [-0.15, -0.1) is 19.1 Å². The van der Waals surface area contributed by atoms with Gasteiger partial charge in [-0.25, -0.2) is 22.2 Å². The molecule has 0 heterocycles. The van der Waals surface area contributed by atoms with E-state index >= 15 is 0 Å². The van der Waals surface area contributed by atoms with Crippen molar-refractivity contribution in [3.63, 3.8) is 0 Å². The molecule has 0 saturated heterocycles. The van der Waals surface area contributed by atoms with Crippen LogP contribution in [0.5, 0.6) is 0 Å². The SMILES string of the molecule is CCN(C)N(CC)C(=O)Cc1[c-]c(-c2ccccc2)[c-]cc1C.[W].[Y]. The number of benzene rings is 2. The second-order valence-electron chi connectivity index (χ2n) is 5.58. The van der Waals surface area contributed by atoms with E-state index in [2.05, 4.69) is 12.1 Å². The van der Waals surface area contributed by atoms with Crippen LogP contribution in [0.15, 0.2) is 36.4 Å². The van der Waals surface area contributed by atoms with Gasteiger partial charge in [-0.1, -0.05) is 25.1 Å². The van der Waals surface area contributed by atoms with E-state index in [1.807, 2.05) is 69.2 Å². The number of rotatable bonds is 6. The Morgan fingerprint density at radius 3 is 2.32 bits per heavy atom. The predicted molar refractivity (Wildman–Crippen MR) is 93.7 cm³/mol. The fourth-order valence-corrected chi connectivity index (χ4v) is 2.52. The number of amides is 1. The van der Waals surface area contributed by atoms with Crippen LogP contribution in [-0.4, -0.2) is 36.1 Å². The normalized spacial score (nSPS) is 9.96. The maximum Gasteiger partial charge on any atom is 0.238 e. The second kappa shape index (κ2) is 12.1. The molecule has 0 spiro atoms. The standard InChI is InChI=1S/C20H24N2O.W.Y/c1-5-21(4)22(6-2)20(23)15-19-14-18(13-12-16(19)3)17-10-8-7-9-11-17;;/h7-12H,5-6,15H2,1-4H3;;/q-2;;. The molecule has 0 fully saturated rings. The Balaban J connectivity index is 0.00000288.